The number of piperazine rings is 1. The summed E-state index contributed by atoms with van der Waals surface area (Å²) in [6, 6.07) is 4.50. The van der Waals surface area contributed by atoms with E-state index in [2.05, 4.69) is 63.3 Å². The molecule has 1 aliphatic rings. The van der Waals surface area contributed by atoms with E-state index in [0.717, 1.165) is 51.5 Å². The van der Waals surface area contributed by atoms with Crippen molar-refractivity contribution in [1.29, 1.82) is 0 Å². The summed E-state index contributed by atoms with van der Waals surface area (Å²) in [4.78, 5) is 6.29. The standard InChI is InChI=1S/C18H28N6S/c1-4-7-22-8-10-23(11-9-22)17(13-15(2)3)18-19-20-21-24(18)14-16-6-5-12-25-16/h4-6,12,15,17H,1,7-11,13-14H2,2-3H3. The summed E-state index contributed by atoms with van der Waals surface area (Å²) in [5.74, 6) is 1.60. The SMILES string of the molecule is C=CCN1CCN(C(CC(C)C)c2nnnn2Cc2cccs2)CC1. The van der Waals surface area contributed by atoms with Crippen LogP contribution in [0.25, 0.3) is 0 Å². The zero-order valence-electron chi connectivity index (χ0n) is 15.2. The lowest BCUT2D eigenvalue weighted by Crippen LogP contribution is -2.48. The molecule has 1 atom stereocenters. The van der Waals surface area contributed by atoms with Gasteiger partial charge in [0.25, 0.3) is 0 Å². The maximum Gasteiger partial charge on any atom is 0.168 e. The molecule has 0 saturated carbocycles. The Morgan fingerprint density at radius 2 is 2.08 bits per heavy atom. The van der Waals surface area contributed by atoms with Crippen molar-refractivity contribution in [3.63, 3.8) is 0 Å². The summed E-state index contributed by atoms with van der Waals surface area (Å²) in [5.41, 5.74) is 0. The topological polar surface area (TPSA) is 50.1 Å². The van der Waals surface area contributed by atoms with E-state index in [4.69, 9.17) is 0 Å². The first kappa shape index (κ1) is 18.2. The van der Waals surface area contributed by atoms with Crippen LogP contribution in [-0.2, 0) is 6.54 Å². The van der Waals surface area contributed by atoms with Gasteiger partial charge in [0.15, 0.2) is 5.82 Å². The number of aromatic nitrogens is 4. The number of tetrazole rings is 1. The van der Waals surface area contributed by atoms with Gasteiger partial charge in [-0.3, -0.25) is 9.80 Å². The van der Waals surface area contributed by atoms with Crippen LogP contribution < -0.4 is 0 Å². The Morgan fingerprint density at radius 3 is 2.72 bits per heavy atom. The molecule has 0 radical (unpaired) electrons. The Kier molecular flexibility index (Phi) is 6.34. The van der Waals surface area contributed by atoms with Gasteiger partial charge >= 0.3 is 0 Å². The second-order valence-corrected chi connectivity index (χ2v) is 8.08. The molecule has 3 heterocycles. The lowest BCUT2D eigenvalue weighted by molar-refractivity contribution is 0.0866. The van der Waals surface area contributed by atoms with Gasteiger partial charge in [-0.2, -0.15) is 0 Å². The van der Waals surface area contributed by atoms with Crippen molar-refractivity contribution in [3.05, 3.63) is 40.9 Å². The van der Waals surface area contributed by atoms with Crippen molar-refractivity contribution in [1.82, 2.24) is 30.0 Å². The van der Waals surface area contributed by atoms with E-state index in [1.807, 2.05) is 10.8 Å². The van der Waals surface area contributed by atoms with Crippen LogP contribution in [0.4, 0.5) is 0 Å². The Morgan fingerprint density at radius 1 is 1.28 bits per heavy atom. The van der Waals surface area contributed by atoms with Crippen LogP contribution in [0.5, 0.6) is 0 Å². The van der Waals surface area contributed by atoms with Crippen LogP contribution in [-0.4, -0.2) is 62.7 Å². The van der Waals surface area contributed by atoms with E-state index >= 15 is 0 Å². The molecule has 0 bridgehead atoms. The molecule has 1 aliphatic heterocycles. The van der Waals surface area contributed by atoms with Crippen molar-refractivity contribution >= 4 is 11.3 Å². The smallest absolute Gasteiger partial charge is 0.168 e. The minimum absolute atomic E-state index is 0.279. The highest BCUT2D eigenvalue weighted by molar-refractivity contribution is 7.09. The van der Waals surface area contributed by atoms with Crippen molar-refractivity contribution < 1.29 is 0 Å². The van der Waals surface area contributed by atoms with Crippen molar-refractivity contribution in [2.24, 2.45) is 5.92 Å². The Bertz CT molecular complexity index is 642. The fraction of sp³-hybridized carbons (Fsp3) is 0.611. The van der Waals surface area contributed by atoms with E-state index < -0.39 is 0 Å². The van der Waals surface area contributed by atoms with Gasteiger partial charge in [-0.25, -0.2) is 4.68 Å². The van der Waals surface area contributed by atoms with E-state index in [-0.39, 0.29) is 6.04 Å². The molecule has 136 valence electrons. The highest BCUT2D eigenvalue weighted by Crippen LogP contribution is 2.27. The summed E-state index contributed by atoms with van der Waals surface area (Å²) in [6.45, 7) is 14.4. The highest BCUT2D eigenvalue weighted by Gasteiger charge is 2.29. The summed E-state index contributed by atoms with van der Waals surface area (Å²) < 4.78 is 1.98. The minimum atomic E-state index is 0.279. The maximum atomic E-state index is 4.42. The number of hydrogen-bond donors (Lipinski definition) is 0. The normalized spacial score (nSPS) is 17.9. The van der Waals surface area contributed by atoms with Gasteiger partial charge in [0.2, 0.25) is 0 Å². The largest absolute Gasteiger partial charge is 0.297 e. The van der Waals surface area contributed by atoms with Crippen LogP contribution >= 0.6 is 11.3 Å². The van der Waals surface area contributed by atoms with Crippen LogP contribution in [0, 0.1) is 5.92 Å². The van der Waals surface area contributed by atoms with Crippen molar-refractivity contribution in [2.75, 3.05) is 32.7 Å². The van der Waals surface area contributed by atoms with Gasteiger partial charge < -0.3 is 0 Å². The molecule has 6 nitrogen and oxygen atoms in total. The minimum Gasteiger partial charge on any atom is -0.297 e. The number of hydrogen-bond acceptors (Lipinski definition) is 6. The average molecular weight is 361 g/mol. The fourth-order valence-corrected chi connectivity index (χ4v) is 4.10. The molecule has 0 N–H and O–H groups in total. The molecule has 25 heavy (non-hydrogen) atoms. The van der Waals surface area contributed by atoms with Crippen molar-refractivity contribution in [2.45, 2.75) is 32.9 Å². The molecule has 1 unspecified atom stereocenters. The zero-order valence-corrected chi connectivity index (χ0v) is 16.0. The molecule has 0 aromatic carbocycles. The van der Waals surface area contributed by atoms with Crippen molar-refractivity contribution in [3.8, 4) is 0 Å². The predicted octanol–water partition coefficient (Wildman–Crippen LogP) is 2.67. The predicted molar refractivity (Wildman–Crippen MR) is 102 cm³/mol. The molecule has 1 fully saturated rings. The Hall–Kier alpha value is -1.57. The molecular weight excluding hydrogens is 332 g/mol. The second kappa shape index (κ2) is 8.69. The third-order valence-corrected chi connectivity index (χ3v) is 5.53. The van der Waals surface area contributed by atoms with Gasteiger partial charge in [0, 0.05) is 37.6 Å². The molecule has 1 saturated heterocycles. The van der Waals surface area contributed by atoms with Gasteiger partial charge in [-0.1, -0.05) is 26.0 Å². The number of rotatable bonds is 8. The summed E-state index contributed by atoms with van der Waals surface area (Å²) >= 11 is 1.75. The van der Waals surface area contributed by atoms with E-state index in [1.54, 1.807) is 11.3 Å². The number of nitrogens with zero attached hydrogens (tertiary/aromatic N) is 6. The average Bonchev–Trinajstić information content (AvgIpc) is 3.26. The molecular formula is C18H28N6S. The first-order valence-corrected chi connectivity index (χ1v) is 9.91. The van der Waals surface area contributed by atoms with Crippen LogP contribution in [0.3, 0.4) is 0 Å². The molecule has 0 spiro atoms. The molecule has 0 aliphatic carbocycles. The monoisotopic (exact) mass is 360 g/mol. The molecule has 7 heteroatoms. The quantitative estimate of drug-likeness (QED) is 0.678. The van der Waals surface area contributed by atoms with E-state index in [9.17, 15) is 0 Å². The van der Waals surface area contributed by atoms with E-state index in [1.165, 1.54) is 4.88 Å². The van der Waals surface area contributed by atoms with Gasteiger partial charge in [0.05, 0.1) is 12.6 Å². The number of thiophene rings is 1. The second-order valence-electron chi connectivity index (χ2n) is 7.04. The van der Waals surface area contributed by atoms with Crippen LogP contribution in [0.15, 0.2) is 30.2 Å². The third kappa shape index (κ3) is 4.74. The lowest BCUT2D eigenvalue weighted by Gasteiger charge is -2.39. The van der Waals surface area contributed by atoms with E-state index in [0.29, 0.717) is 5.92 Å². The van der Waals surface area contributed by atoms with Crippen LogP contribution in [0.1, 0.15) is 37.0 Å². The van der Waals surface area contributed by atoms with Gasteiger partial charge in [-0.15, -0.1) is 23.0 Å². The first-order chi connectivity index (χ1) is 12.2. The van der Waals surface area contributed by atoms with Gasteiger partial charge in [-0.05, 0) is 34.2 Å². The molecule has 2 aromatic rings. The van der Waals surface area contributed by atoms with Gasteiger partial charge in [0.1, 0.15) is 0 Å². The zero-order chi connectivity index (χ0) is 17.6. The summed E-state index contributed by atoms with van der Waals surface area (Å²) in [7, 11) is 0. The summed E-state index contributed by atoms with van der Waals surface area (Å²) in [5, 5.41) is 14.8. The molecule has 2 aromatic heterocycles. The Labute approximate surface area is 154 Å². The summed E-state index contributed by atoms with van der Waals surface area (Å²) in [6.07, 6.45) is 3.06. The lowest BCUT2D eigenvalue weighted by atomic mass is 10.0. The molecule has 0 amide bonds. The highest BCUT2D eigenvalue weighted by atomic mass is 32.1. The Balaban J connectivity index is 1.75. The maximum absolute atomic E-state index is 4.42. The van der Waals surface area contributed by atoms with Crippen LogP contribution in [0.2, 0.25) is 0 Å². The molecule has 3 rings (SSSR count). The first-order valence-electron chi connectivity index (χ1n) is 9.03. The fourth-order valence-electron chi connectivity index (χ4n) is 3.42. The third-order valence-electron chi connectivity index (χ3n) is 4.67.